The average Bonchev–Trinajstić information content (AvgIpc) is 2.95. The number of benzene rings is 4. The fraction of sp³-hybridized carbons (Fsp3) is 0.0968. The zero-order valence-electron chi connectivity index (χ0n) is 21.8. The van der Waals surface area contributed by atoms with Crippen molar-refractivity contribution in [1.29, 1.82) is 5.26 Å². The molecule has 0 fully saturated rings. The number of nitriles is 1. The van der Waals surface area contributed by atoms with Crippen molar-refractivity contribution in [3.8, 4) is 29.1 Å². The summed E-state index contributed by atoms with van der Waals surface area (Å²) < 4.78 is 22.9. The molecule has 0 saturated heterocycles. The molecule has 0 radical (unpaired) electrons. The number of carbonyl (C=O) groups excluding carboxylic acids is 1. The number of hydrogen-bond donors (Lipinski definition) is 1. The molecule has 1 heterocycles. The molecule has 11 heteroatoms. The molecule has 1 unspecified atom stereocenters. The van der Waals surface area contributed by atoms with E-state index >= 15 is 0 Å². The van der Waals surface area contributed by atoms with Crippen LogP contribution < -0.4 is 24.7 Å². The number of allylic oxidation sites excluding steroid dienone is 1. The Morgan fingerprint density at radius 1 is 0.929 bits per heavy atom. The lowest BCUT2D eigenvalue weighted by Gasteiger charge is -2.27. The summed E-state index contributed by atoms with van der Waals surface area (Å²) in [5.41, 5.74) is 8.61. The third-order valence-electron chi connectivity index (χ3n) is 6.47. The number of nitrogens with zero attached hydrogens (tertiary/aromatic N) is 1. The fourth-order valence-corrected chi connectivity index (χ4v) is 5.39. The highest BCUT2D eigenvalue weighted by molar-refractivity contribution is 6.36. The Hall–Kier alpha value is -4.06. The van der Waals surface area contributed by atoms with E-state index in [1.807, 2.05) is 6.07 Å². The van der Waals surface area contributed by atoms with Gasteiger partial charge in [-0.2, -0.15) is 5.26 Å². The second-order valence-corrected chi connectivity index (χ2v) is 10.8. The van der Waals surface area contributed by atoms with Crippen LogP contribution in [-0.2, 0) is 6.61 Å². The van der Waals surface area contributed by atoms with Crippen LogP contribution in [0.25, 0.3) is 0 Å². The van der Waals surface area contributed by atoms with Crippen LogP contribution in [0.1, 0.15) is 33.0 Å². The molecule has 2 N–H and O–H groups in total. The van der Waals surface area contributed by atoms with Crippen LogP contribution in [0.3, 0.4) is 0 Å². The molecule has 0 amide bonds. The first-order valence-corrected chi connectivity index (χ1v) is 13.8. The van der Waals surface area contributed by atoms with Crippen molar-refractivity contribution >= 4 is 52.4 Å². The first-order valence-electron chi connectivity index (χ1n) is 12.3. The predicted octanol–water partition coefficient (Wildman–Crippen LogP) is 8.33. The maximum absolute atomic E-state index is 12.7. The normalized spacial score (nSPS) is 14.0. The summed E-state index contributed by atoms with van der Waals surface area (Å²) in [7, 11) is 1.52. The Morgan fingerprint density at radius 2 is 1.67 bits per heavy atom. The number of carbonyl (C=O) groups is 1. The van der Waals surface area contributed by atoms with E-state index in [1.165, 1.54) is 31.4 Å². The van der Waals surface area contributed by atoms with Crippen LogP contribution in [0.2, 0.25) is 20.1 Å². The molecular formula is C31H20Cl4N2O5. The van der Waals surface area contributed by atoms with Crippen molar-refractivity contribution in [2.75, 3.05) is 7.11 Å². The molecule has 0 saturated carbocycles. The summed E-state index contributed by atoms with van der Waals surface area (Å²) in [6.45, 7) is 0.185. The molecule has 212 valence electrons. The Bertz CT molecular complexity index is 1780. The van der Waals surface area contributed by atoms with Crippen molar-refractivity contribution in [1.82, 2.24) is 0 Å². The average molecular weight is 642 g/mol. The number of halogens is 4. The van der Waals surface area contributed by atoms with E-state index in [4.69, 9.17) is 71.1 Å². The van der Waals surface area contributed by atoms with Crippen molar-refractivity contribution < 1.29 is 23.7 Å². The molecular weight excluding hydrogens is 622 g/mol. The van der Waals surface area contributed by atoms with Gasteiger partial charge in [-0.3, -0.25) is 0 Å². The molecule has 4 aromatic rings. The van der Waals surface area contributed by atoms with Crippen LogP contribution in [0.15, 0.2) is 84.3 Å². The van der Waals surface area contributed by atoms with E-state index in [0.717, 1.165) is 5.56 Å². The molecule has 0 bridgehead atoms. The van der Waals surface area contributed by atoms with E-state index in [-0.39, 0.29) is 34.4 Å². The summed E-state index contributed by atoms with van der Waals surface area (Å²) in [5, 5.41) is 11.5. The van der Waals surface area contributed by atoms with Gasteiger partial charge in [0.25, 0.3) is 0 Å². The number of methoxy groups -OCH3 is 1. The molecule has 4 aromatic carbocycles. The second-order valence-electron chi connectivity index (χ2n) is 9.07. The summed E-state index contributed by atoms with van der Waals surface area (Å²) in [5.74, 6) is 0.0776. The maximum Gasteiger partial charge on any atom is 0.345 e. The molecule has 42 heavy (non-hydrogen) atoms. The lowest BCUT2D eigenvalue weighted by molar-refractivity contribution is 0.0734. The van der Waals surface area contributed by atoms with Gasteiger partial charge in [-0.05, 0) is 54.1 Å². The van der Waals surface area contributed by atoms with Crippen LogP contribution >= 0.6 is 46.4 Å². The molecule has 1 aliphatic rings. The number of rotatable bonds is 7. The smallest absolute Gasteiger partial charge is 0.345 e. The quantitative estimate of drug-likeness (QED) is 0.160. The SMILES string of the molecule is COc1cc(C2C(C#N)=C(N)Oc3cc(OC(=O)c4ccc(Cl)cc4Cl)ccc32)ccc1OCc1ccc(Cl)cc1Cl. The highest BCUT2D eigenvalue weighted by atomic mass is 35.5. The number of hydrogen-bond acceptors (Lipinski definition) is 7. The Kier molecular flexibility index (Phi) is 8.72. The first kappa shape index (κ1) is 29.4. The van der Waals surface area contributed by atoms with Gasteiger partial charge in [0.05, 0.1) is 23.6 Å². The zero-order chi connectivity index (χ0) is 30.0. The summed E-state index contributed by atoms with van der Waals surface area (Å²) in [6.07, 6.45) is 0. The predicted molar refractivity (Wildman–Crippen MR) is 161 cm³/mol. The van der Waals surface area contributed by atoms with Gasteiger partial charge in [-0.15, -0.1) is 0 Å². The zero-order valence-corrected chi connectivity index (χ0v) is 24.8. The third kappa shape index (κ3) is 6.08. The van der Waals surface area contributed by atoms with E-state index in [2.05, 4.69) is 6.07 Å². The topological polar surface area (TPSA) is 104 Å². The summed E-state index contributed by atoms with van der Waals surface area (Å²) in [4.78, 5) is 12.7. The van der Waals surface area contributed by atoms with Crippen molar-refractivity contribution in [3.63, 3.8) is 0 Å². The van der Waals surface area contributed by atoms with Crippen molar-refractivity contribution in [2.45, 2.75) is 12.5 Å². The van der Waals surface area contributed by atoms with Crippen molar-refractivity contribution in [3.05, 3.63) is 127 Å². The maximum atomic E-state index is 12.7. The van der Waals surface area contributed by atoms with Gasteiger partial charge in [0.1, 0.15) is 29.7 Å². The van der Waals surface area contributed by atoms with Crippen molar-refractivity contribution in [2.24, 2.45) is 5.73 Å². The summed E-state index contributed by atoms with van der Waals surface area (Å²) in [6, 6.07) is 21.9. The first-order chi connectivity index (χ1) is 20.2. The van der Waals surface area contributed by atoms with Crippen LogP contribution in [-0.4, -0.2) is 13.1 Å². The van der Waals surface area contributed by atoms with Crippen LogP contribution in [0.4, 0.5) is 0 Å². The Labute approximate surface area is 261 Å². The minimum absolute atomic E-state index is 0.0732. The number of esters is 1. The molecule has 0 aliphatic carbocycles. The lowest BCUT2D eigenvalue weighted by atomic mass is 9.83. The van der Waals surface area contributed by atoms with E-state index in [0.29, 0.717) is 43.4 Å². The molecule has 5 rings (SSSR count). The molecule has 0 aromatic heterocycles. The van der Waals surface area contributed by atoms with Gasteiger partial charge >= 0.3 is 5.97 Å². The van der Waals surface area contributed by atoms with Crippen LogP contribution in [0, 0.1) is 11.3 Å². The minimum Gasteiger partial charge on any atom is -0.493 e. The highest BCUT2D eigenvalue weighted by Gasteiger charge is 2.32. The number of fused-ring (bicyclic) bond motifs is 1. The van der Waals surface area contributed by atoms with Gasteiger partial charge in [-0.25, -0.2) is 4.79 Å². The Morgan fingerprint density at radius 3 is 2.36 bits per heavy atom. The fourth-order valence-electron chi connectivity index (χ4n) is 4.44. The second kappa shape index (κ2) is 12.4. The molecule has 0 spiro atoms. The summed E-state index contributed by atoms with van der Waals surface area (Å²) >= 11 is 24.3. The van der Waals surface area contributed by atoms with E-state index in [1.54, 1.807) is 42.5 Å². The van der Waals surface area contributed by atoms with Crippen LogP contribution in [0.5, 0.6) is 23.0 Å². The number of ether oxygens (including phenoxy) is 4. The molecule has 7 nitrogen and oxygen atoms in total. The van der Waals surface area contributed by atoms with E-state index < -0.39 is 11.9 Å². The molecule has 1 atom stereocenters. The van der Waals surface area contributed by atoms with Gasteiger partial charge < -0.3 is 24.7 Å². The van der Waals surface area contributed by atoms with Gasteiger partial charge in [0, 0.05) is 32.3 Å². The van der Waals surface area contributed by atoms with Gasteiger partial charge in [-0.1, -0.05) is 64.6 Å². The minimum atomic E-state index is -0.676. The third-order valence-corrected chi connectivity index (χ3v) is 7.61. The lowest BCUT2D eigenvalue weighted by Crippen LogP contribution is -2.21. The highest BCUT2D eigenvalue weighted by Crippen LogP contribution is 2.45. The van der Waals surface area contributed by atoms with Gasteiger partial charge in [0.2, 0.25) is 5.88 Å². The van der Waals surface area contributed by atoms with Gasteiger partial charge in [0.15, 0.2) is 11.5 Å². The number of nitrogens with two attached hydrogens (primary N) is 1. The molecule has 1 aliphatic heterocycles. The Balaban J connectivity index is 1.43. The largest absolute Gasteiger partial charge is 0.493 e. The monoisotopic (exact) mass is 640 g/mol. The standard InChI is InChI=1S/C31H20Cl4N2O5/c1-39-28-10-16(3-9-26(28)40-15-17-2-4-18(32)11-24(17)34)29-22-8-6-20(13-27(22)42-30(37)23(29)14-36)41-31(38)21-7-5-19(33)12-25(21)35/h2-13,29H,15,37H2,1H3. The van der Waals surface area contributed by atoms with E-state index in [9.17, 15) is 10.1 Å².